The summed E-state index contributed by atoms with van der Waals surface area (Å²) in [6.07, 6.45) is 7.21. The summed E-state index contributed by atoms with van der Waals surface area (Å²) in [4.78, 5) is 11.2. The molecule has 3 heteroatoms. The molecule has 1 saturated carbocycles. The van der Waals surface area contributed by atoms with E-state index >= 15 is 0 Å². The number of unbranched alkanes of at least 4 members (excludes halogenated alkanes) is 1. The van der Waals surface area contributed by atoms with Gasteiger partial charge in [-0.15, -0.1) is 0 Å². The van der Waals surface area contributed by atoms with Crippen molar-refractivity contribution in [2.75, 3.05) is 13.1 Å². The van der Waals surface area contributed by atoms with Gasteiger partial charge in [-0.2, -0.15) is 0 Å². The van der Waals surface area contributed by atoms with E-state index in [2.05, 4.69) is 10.6 Å². The van der Waals surface area contributed by atoms with Crippen LogP contribution < -0.4 is 10.6 Å². The zero-order valence-electron chi connectivity index (χ0n) is 8.72. The summed E-state index contributed by atoms with van der Waals surface area (Å²) in [7, 11) is 0. The standard InChI is InChI=1S/C11H20N2O/c14-11(9-4-5-9)13-7-2-1-3-10-6-8-12-10/h9-10,12H,1-8H2,(H,13,14). The first-order valence-electron chi connectivity index (χ1n) is 5.87. The van der Waals surface area contributed by atoms with Crippen molar-refractivity contribution in [2.24, 2.45) is 5.92 Å². The van der Waals surface area contributed by atoms with E-state index in [-0.39, 0.29) is 5.91 Å². The number of rotatable bonds is 6. The number of hydrogen-bond donors (Lipinski definition) is 2. The molecule has 0 aromatic heterocycles. The van der Waals surface area contributed by atoms with Gasteiger partial charge in [-0.05, 0) is 38.6 Å². The summed E-state index contributed by atoms with van der Waals surface area (Å²) in [6, 6.07) is 0.772. The number of nitrogens with one attached hydrogen (secondary N) is 2. The predicted molar refractivity (Wildman–Crippen MR) is 56.0 cm³/mol. The highest BCUT2D eigenvalue weighted by molar-refractivity contribution is 5.80. The van der Waals surface area contributed by atoms with E-state index in [9.17, 15) is 4.79 Å². The van der Waals surface area contributed by atoms with E-state index in [1.54, 1.807) is 0 Å². The highest BCUT2D eigenvalue weighted by Gasteiger charge is 2.28. The van der Waals surface area contributed by atoms with Gasteiger partial charge in [0.2, 0.25) is 5.91 Å². The van der Waals surface area contributed by atoms with Crippen molar-refractivity contribution in [3.05, 3.63) is 0 Å². The van der Waals surface area contributed by atoms with Gasteiger partial charge >= 0.3 is 0 Å². The normalized spacial score (nSPS) is 25.6. The van der Waals surface area contributed by atoms with Gasteiger partial charge in [0.25, 0.3) is 0 Å². The number of carbonyl (C=O) groups excluding carboxylic acids is 1. The smallest absolute Gasteiger partial charge is 0.223 e. The van der Waals surface area contributed by atoms with Gasteiger partial charge < -0.3 is 10.6 Å². The van der Waals surface area contributed by atoms with Gasteiger partial charge in [-0.1, -0.05) is 6.42 Å². The van der Waals surface area contributed by atoms with Crippen LogP contribution in [0.3, 0.4) is 0 Å². The van der Waals surface area contributed by atoms with Gasteiger partial charge in [0.15, 0.2) is 0 Å². The summed E-state index contributed by atoms with van der Waals surface area (Å²) >= 11 is 0. The third kappa shape index (κ3) is 2.98. The largest absolute Gasteiger partial charge is 0.356 e. The maximum absolute atomic E-state index is 11.2. The lowest BCUT2D eigenvalue weighted by Crippen LogP contribution is -2.42. The molecule has 80 valence electrons. The maximum atomic E-state index is 11.2. The Labute approximate surface area is 85.6 Å². The molecule has 2 N–H and O–H groups in total. The van der Waals surface area contributed by atoms with Crippen molar-refractivity contribution in [2.45, 2.75) is 44.6 Å². The Balaban J connectivity index is 1.40. The van der Waals surface area contributed by atoms with Crippen molar-refractivity contribution in [1.82, 2.24) is 10.6 Å². The Hall–Kier alpha value is -0.570. The number of hydrogen-bond acceptors (Lipinski definition) is 2. The van der Waals surface area contributed by atoms with Crippen molar-refractivity contribution >= 4 is 5.91 Å². The lowest BCUT2D eigenvalue weighted by molar-refractivity contribution is -0.122. The van der Waals surface area contributed by atoms with E-state index in [0.29, 0.717) is 5.92 Å². The third-order valence-electron chi connectivity index (χ3n) is 3.15. The fourth-order valence-corrected chi connectivity index (χ4v) is 1.81. The molecular weight excluding hydrogens is 176 g/mol. The molecule has 1 saturated heterocycles. The minimum atomic E-state index is 0.284. The number of carbonyl (C=O) groups is 1. The fraction of sp³-hybridized carbons (Fsp3) is 0.909. The lowest BCUT2D eigenvalue weighted by atomic mass is 10.0. The zero-order chi connectivity index (χ0) is 9.80. The van der Waals surface area contributed by atoms with Crippen LogP contribution in [0.15, 0.2) is 0 Å². The molecule has 3 nitrogen and oxygen atoms in total. The van der Waals surface area contributed by atoms with Crippen LogP contribution in [-0.2, 0) is 4.79 Å². The van der Waals surface area contributed by atoms with Crippen LogP contribution in [0.4, 0.5) is 0 Å². The molecule has 2 aliphatic rings. The van der Waals surface area contributed by atoms with Gasteiger partial charge in [-0.25, -0.2) is 0 Å². The summed E-state index contributed by atoms with van der Waals surface area (Å²) < 4.78 is 0. The number of amides is 1. The topological polar surface area (TPSA) is 41.1 Å². The second-order valence-corrected chi connectivity index (χ2v) is 4.50. The Morgan fingerprint density at radius 2 is 2.07 bits per heavy atom. The first-order chi connectivity index (χ1) is 6.86. The molecule has 14 heavy (non-hydrogen) atoms. The van der Waals surface area contributed by atoms with E-state index in [1.165, 1.54) is 25.8 Å². The summed E-state index contributed by atoms with van der Waals surface area (Å²) in [6.45, 7) is 2.07. The van der Waals surface area contributed by atoms with Gasteiger partial charge in [0.05, 0.1) is 0 Å². The second-order valence-electron chi connectivity index (χ2n) is 4.50. The van der Waals surface area contributed by atoms with E-state index < -0.39 is 0 Å². The molecule has 1 atom stereocenters. The van der Waals surface area contributed by atoms with Crippen LogP contribution in [-0.4, -0.2) is 25.0 Å². The molecule has 1 amide bonds. The minimum Gasteiger partial charge on any atom is -0.356 e. The van der Waals surface area contributed by atoms with E-state index in [0.717, 1.165) is 31.8 Å². The Bertz CT molecular complexity index is 197. The van der Waals surface area contributed by atoms with Crippen molar-refractivity contribution in [3.8, 4) is 0 Å². The molecule has 1 aliphatic carbocycles. The highest BCUT2D eigenvalue weighted by Crippen LogP contribution is 2.28. The molecule has 0 spiro atoms. The average molecular weight is 196 g/mol. The van der Waals surface area contributed by atoms with Crippen LogP contribution in [0.1, 0.15) is 38.5 Å². The molecule has 1 aliphatic heterocycles. The molecular formula is C11H20N2O. The third-order valence-corrected chi connectivity index (χ3v) is 3.15. The fourth-order valence-electron chi connectivity index (χ4n) is 1.81. The lowest BCUT2D eigenvalue weighted by Gasteiger charge is -2.27. The molecule has 2 rings (SSSR count). The Morgan fingerprint density at radius 1 is 1.29 bits per heavy atom. The summed E-state index contributed by atoms with van der Waals surface area (Å²) in [5.74, 6) is 0.648. The Kier molecular flexibility index (Phi) is 3.40. The minimum absolute atomic E-state index is 0.284. The molecule has 1 heterocycles. The van der Waals surface area contributed by atoms with Gasteiger partial charge in [0, 0.05) is 18.5 Å². The summed E-state index contributed by atoms with van der Waals surface area (Å²) in [5.41, 5.74) is 0. The maximum Gasteiger partial charge on any atom is 0.223 e. The summed E-state index contributed by atoms with van der Waals surface area (Å²) in [5, 5.41) is 6.38. The van der Waals surface area contributed by atoms with Crippen LogP contribution in [0.25, 0.3) is 0 Å². The van der Waals surface area contributed by atoms with Gasteiger partial charge in [-0.3, -0.25) is 4.79 Å². The Morgan fingerprint density at radius 3 is 2.64 bits per heavy atom. The highest BCUT2D eigenvalue weighted by atomic mass is 16.2. The van der Waals surface area contributed by atoms with Crippen LogP contribution in [0.2, 0.25) is 0 Å². The molecule has 0 bridgehead atoms. The SMILES string of the molecule is O=C(NCCCCC1CCN1)C1CC1. The first kappa shape index (κ1) is 9.97. The van der Waals surface area contributed by atoms with E-state index in [1.807, 2.05) is 0 Å². The first-order valence-corrected chi connectivity index (χ1v) is 5.87. The van der Waals surface area contributed by atoms with Crippen molar-refractivity contribution in [1.29, 1.82) is 0 Å². The van der Waals surface area contributed by atoms with Crippen LogP contribution in [0, 0.1) is 5.92 Å². The van der Waals surface area contributed by atoms with E-state index in [4.69, 9.17) is 0 Å². The second kappa shape index (κ2) is 4.78. The molecule has 0 aromatic carbocycles. The monoisotopic (exact) mass is 196 g/mol. The quantitative estimate of drug-likeness (QED) is 0.623. The van der Waals surface area contributed by atoms with Gasteiger partial charge in [0.1, 0.15) is 0 Å². The molecule has 2 fully saturated rings. The van der Waals surface area contributed by atoms with Crippen LogP contribution >= 0.6 is 0 Å². The van der Waals surface area contributed by atoms with Crippen LogP contribution in [0.5, 0.6) is 0 Å². The average Bonchev–Trinajstić information content (AvgIpc) is 2.90. The predicted octanol–water partition coefficient (Wildman–Crippen LogP) is 1.04. The molecule has 0 aromatic rings. The zero-order valence-corrected chi connectivity index (χ0v) is 8.72. The van der Waals surface area contributed by atoms with Crippen molar-refractivity contribution in [3.63, 3.8) is 0 Å². The van der Waals surface area contributed by atoms with Crippen molar-refractivity contribution < 1.29 is 4.79 Å². The molecule has 1 unspecified atom stereocenters. The molecule has 0 radical (unpaired) electrons.